The Morgan fingerprint density at radius 2 is 2.05 bits per heavy atom. The van der Waals surface area contributed by atoms with Gasteiger partial charge in [-0.15, -0.1) is 0 Å². The lowest BCUT2D eigenvalue weighted by molar-refractivity contribution is 0.0949. The van der Waals surface area contributed by atoms with E-state index in [4.69, 9.17) is 0 Å². The van der Waals surface area contributed by atoms with Crippen molar-refractivity contribution in [1.29, 1.82) is 0 Å². The van der Waals surface area contributed by atoms with Gasteiger partial charge in [-0.2, -0.15) is 0 Å². The van der Waals surface area contributed by atoms with Gasteiger partial charge in [0.25, 0.3) is 5.91 Å². The first kappa shape index (κ1) is 13.8. The van der Waals surface area contributed by atoms with Gasteiger partial charge in [0.15, 0.2) is 0 Å². The van der Waals surface area contributed by atoms with Crippen molar-refractivity contribution in [2.24, 2.45) is 7.05 Å². The molecule has 5 heteroatoms. The number of aryl methyl sites for hydroxylation is 1. The van der Waals surface area contributed by atoms with E-state index in [0.29, 0.717) is 12.1 Å². The molecular weight excluding hydrogens is 330 g/mol. The highest BCUT2D eigenvalue weighted by molar-refractivity contribution is 9.10. The molecule has 0 fully saturated rings. The van der Waals surface area contributed by atoms with Crippen LogP contribution in [-0.2, 0) is 13.6 Å². The third-order valence-corrected chi connectivity index (χ3v) is 3.87. The molecule has 0 atom stereocenters. The lowest BCUT2D eigenvalue weighted by atomic mass is 10.2. The summed E-state index contributed by atoms with van der Waals surface area (Å²) in [5, 5.41) is 2.90. The van der Waals surface area contributed by atoms with Crippen LogP contribution in [0.15, 0.2) is 53.0 Å². The summed E-state index contributed by atoms with van der Waals surface area (Å²) in [6.45, 7) is 0.399. The number of carbonyl (C=O) groups excluding carboxylic acids is 1. The predicted octanol–water partition coefficient (Wildman–Crippen LogP) is 3.27. The van der Waals surface area contributed by atoms with Crippen LogP contribution in [0.3, 0.4) is 0 Å². The van der Waals surface area contributed by atoms with E-state index in [1.807, 2.05) is 48.0 Å². The maximum Gasteiger partial charge on any atom is 0.251 e. The molecule has 0 aliphatic carbocycles. The van der Waals surface area contributed by atoms with E-state index in [1.54, 1.807) is 12.1 Å². The molecule has 3 aromatic rings. The number of benzene rings is 2. The number of aromatic nitrogens is 2. The first-order chi connectivity index (χ1) is 10.1. The molecule has 1 N–H and O–H groups in total. The Kier molecular flexibility index (Phi) is 3.75. The second kappa shape index (κ2) is 5.69. The van der Waals surface area contributed by atoms with Gasteiger partial charge in [0, 0.05) is 17.1 Å². The van der Waals surface area contributed by atoms with Gasteiger partial charge in [0.2, 0.25) is 0 Å². The highest BCUT2D eigenvalue weighted by atomic mass is 79.9. The molecule has 0 radical (unpaired) electrons. The van der Waals surface area contributed by atoms with Crippen LogP contribution in [0.2, 0.25) is 0 Å². The number of nitrogens with one attached hydrogen (secondary N) is 1. The fourth-order valence-corrected chi connectivity index (χ4v) is 2.64. The van der Waals surface area contributed by atoms with E-state index in [9.17, 15) is 4.79 Å². The highest BCUT2D eigenvalue weighted by Crippen LogP contribution is 2.15. The van der Waals surface area contributed by atoms with Crippen LogP contribution in [0.1, 0.15) is 16.2 Å². The molecule has 2 aromatic carbocycles. The first-order valence-electron chi connectivity index (χ1n) is 6.59. The van der Waals surface area contributed by atoms with Crippen molar-refractivity contribution in [3.8, 4) is 0 Å². The van der Waals surface area contributed by atoms with E-state index < -0.39 is 0 Å². The number of hydrogen-bond acceptors (Lipinski definition) is 2. The number of hydrogen-bond donors (Lipinski definition) is 1. The normalized spacial score (nSPS) is 10.8. The molecule has 0 bridgehead atoms. The van der Waals surface area contributed by atoms with Gasteiger partial charge in [0.1, 0.15) is 5.82 Å². The van der Waals surface area contributed by atoms with Crippen LogP contribution < -0.4 is 5.32 Å². The molecule has 1 amide bonds. The standard InChI is InChI=1S/C16H14BrN3O/c1-20-14-8-3-2-7-13(14)19-15(20)10-18-16(21)11-5-4-6-12(17)9-11/h2-9H,10H2,1H3,(H,18,21). The average Bonchev–Trinajstić information content (AvgIpc) is 2.82. The number of halogens is 1. The summed E-state index contributed by atoms with van der Waals surface area (Å²) in [4.78, 5) is 16.7. The monoisotopic (exact) mass is 343 g/mol. The number of imidazole rings is 1. The van der Waals surface area contributed by atoms with Crippen LogP contribution >= 0.6 is 15.9 Å². The molecule has 4 nitrogen and oxygen atoms in total. The summed E-state index contributed by atoms with van der Waals surface area (Å²) in [5.74, 6) is 0.725. The SMILES string of the molecule is Cn1c(CNC(=O)c2cccc(Br)c2)nc2ccccc21. The summed E-state index contributed by atoms with van der Waals surface area (Å²) in [6.07, 6.45) is 0. The number of rotatable bonds is 3. The second-order valence-electron chi connectivity index (χ2n) is 4.77. The minimum Gasteiger partial charge on any atom is -0.345 e. The van der Waals surface area contributed by atoms with Gasteiger partial charge in [-0.1, -0.05) is 34.1 Å². The van der Waals surface area contributed by atoms with Crippen LogP contribution in [0.4, 0.5) is 0 Å². The van der Waals surface area contributed by atoms with Crippen molar-refractivity contribution >= 4 is 32.9 Å². The number of carbonyl (C=O) groups is 1. The number of para-hydroxylation sites is 2. The Bertz CT molecular complexity index is 810. The molecule has 0 spiro atoms. The molecule has 0 unspecified atom stereocenters. The zero-order valence-corrected chi connectivity index (χ0v) is 13.1. The van der Waals surface area contributed by atoms with Gasteiger partial charge in [-0.25, -0.2) is 4.98 Å². The predicted molar refractivity (Wildman–Crippen MR) is 86.0 cm³/mol. The maximum atomic E-state index is 12.1. The third kappa shape index (κ3) is 2.83. The topological polar surface area (TPSA) is 46.9 Å². The minimum absolute atomic E-state index is 0.108. The van der Waals surface area contributed by atoms with Crippen LogP contribution in [-0.4, -0.2) is 15.5 Å². The zero-order chi connectivity index (χ0) is 14.8. The van der Waals surface area contributed by atoms with Gasteiger partial charge >= 0.3 is 0 Å². The molecule has 3 rings (SSSR count). The Morgan fingerprint density at radius 3 is 2.81 bits per heavy atom. The van der Waals surface area contributed by atoms with Crippen molar-refractivity contribution < 1.29 is 4.79 Å². The van der Waals surface area contributed by atoms with Crippen LogP contribution in [0.5, 0.6) is 0 Å². The Balaban J connectivity index is 1.77. The van der Waals surface area contributed by atoms with Crippen molar-refractivity contribution in [3.63, 3.8) is 0 Å². The lowest BCUT2D eigenvalue weighted by Crippen LogP contribution is -2.24. The smallest absolute Gasteiger partial charge is 0.251 e. The van der Waals surface area contributed by atoms with Gasteiger partial charge in [-0.3, -0.25) is 4.79 Å². The van der Waals surface area contributed by atoms with Crippen molar-refractivity contribution in [1.82, 2.24) is 14.9 Å². The van der Waals surface area contributed by atoms with E-state index in [2.05, 4.69) is 26.2 Å². The van der Waals surface area contributed by atoms with Gasteiger partial charge < -0.3 is 9.88 Å². The van der Waals surface area contributed by atoms with Crippen molar-refractivity contribution in [2.45, 2.75) is 6.54 Å². The molecule has 0 saturated carbocycles. The summed E-state index contributed by atoms with van der Waals surface area (Å²) in [6, 6.07) is 15.2. The van der Waals surface area contributed by atoms with E-state index in [-0.39, 0.29) is 5.91 Å². The van der Waals surface area contributed by atoms with E-state index in [1.165, 1.54) is 0 Å². The highest BCUT2D eigenvalue weighted by Gasteiger charge is 2.10. The largest absolute Gasteiger partial charge is 0.345 e. The van der Waals surface area contributed by atoms with Crippen LogP contribution in [0.25, 0.3) is 11.0 Å². The number of fused-ring (bicyclic) bond motifs is 1. The Hall–Kier alpha value is -2.14. The van der Waals surface area contributed by atoms with Gasteiger partial charge in [-0.05, 0) is 30.3 Å². The fourth-order valence-electron chi connectivity index (χ4n) is 2.24. The summed E-state index contributed by atoms with van der Waals surface area (Å²) >= 11 is 3.36. The Morgan fingerprint density at radius 1 is 1.24 bits per heavy atom. The van der Waals surface area contributed by atoms with E-state index in [0.717, 1.165) is 21.3 Å². The molecule has 106 valence electrons. The third-order valence-electron chi connectivity index (χ3n) is 3.37. The van der Waals surface area contributed by atoms with Crippen molar-refractivity contribution in [2.75, 3.05) is 0 Å². The Labute approximate surface area is 130 Å². The first-order valence-corrected chi connectivity index (χ1v) is 7.38. The number of nitrogens with zero attached hydrogens (tertiary/aromatic N) is 2. The zero-order valence-electron chi connectivity index (χ0n) is 11.5. The lowest BCUT2D eigenvalue weighted by Gasteiger charge is -2.06. The molecular formula is C16H14BrN3O. The molecule has 1 heterocycles. The summed E-state index contributed by atoms with van der Waals surface area (Å²) in [5.41, 5.74) is 2.62. The quantitative estimate of drug-likeness (QED) is 0.793. The summed E-state index contributed by atoms with van der Waals surface area (Å²) < 4.78 is 2.88. The molecule has 21 heavy (non-hydrogen) atoms. The molecule has 0 aliphatic rings. The minimum atomic E-state index is -0.108. The van der Waals surface area contributed by atoms with E-state index >= 15 is 0 Å². The summed E-state index contributed by atoms with van der Waals surface area (Å²) in [7, 11) is 1.95. The fraction of sp³-hybridized carbons (Fsp3) is 0.125. The average molecular weight is 344 g/mol. The second-order valence-corrected chi connectivity index (χ2v) is 5.68. The van der Waals surface area contributed by atoms with Crippen LogP contribution in [0, 0.1) is 0 Å². The molecule has 0 aliphatic heterocycles. The van der Waals surface area contributed by atoms with Crippen molar-refractivity contribution in [3.05, 3.63) is 64.4 Å². The molecule has 0 saturated heterocycles. The van der Waals surface area contributed by atoms with Gasteiger partial charge in [0.05, 0.1) is 17.6 Å². The number of amides is 1. The molecule has 1 aromatic heterocycles. The maximum absolute atomic E-state index is 12.1.